The molecule has 0 aromatic heterocycles. The Bertz CT molecular complexity index is 1060. The van der Waals surface area contributed by atoms with Crippen molar-refractivity contribution in [2.45, 2.75) is 46.3 Å². The molecule has 1 N–H and O–H groups in total. The standard InChI is InChI=1S/C23H30FN3O4S/c1-16(2)25-23(29)18(4)26(14-19-8-6-7-9-21(19)24)22(28)15-27(32(5,30)31)20-12-10-17(3)11-13-20/h6-13,16,18H,14-15H2,1-5H3,(H,25,29)/t18-/m1/s1. The summed E-state index contributed by atoms with van der Waals surface area (Å²) in [5.41, 5.74) is 1.50. The van der Waals surface area contributed by atoms with Gasteiger partial charge < -0.3 is 10.2 Å². The van der Waals surface area contributed by atoms with Gasteiger partial charge in [0.15, 0.2) is 0 Å². The van der Waals surface area contributed by atoms with Crippen molar-refractivity contribution in [2.75, 3.05) is 17.1 Å². The molecule has 0 aliphatic heterocycles. The number of nitrogens with zero attached hydrogens (tertiary/aromatic N) is 2. The van der Waals surface area contributed by atoms with Gasteiger partial charge >= 0.3 is 0 Å². The molecule has 2 aromatic rings. The van der Waals surface area contributed by atoms with Crippen LogP contribution in [0.15, 0.2) is 48.5 Å². The molecule has 0 saturated carbocycles. The quantitative estimate of drug-likeness (QED) is 0.620. The average Bonchev–Trinajstić information content (AvgIpc) is 2.70. The van der Waals surface area contributed by atoms with Gasteiger partial charge in [-0.05, 0) is 45.9 Å². The molecule has 0 radical (unpaired) electrons. The molecule has 0 bridgehead atoms. The summed E-state index contributed by atoms with van der Waals surface area (Å²) in [6.07, 6.45) is 1.01. The highest BCUT2D eigenvalue weighted by Crippen LogP contribution is 2.20. The Labute approximate surface area is 189 Å². The average molecular weight is 464 g/mol. The van der Waals surface area contributed by atoms with Gasteiger partial charge in [0.2, 0.25) is 21.8 Å². The van der Waals surface area contributed by atoms with E-state index < -0.39 is 40.2 Å². The van der Waals surface area contributed by atoms with Crippen LogP contribution >= 0.6 is 0 Å². The van der Waals surface area contributed by atoms with Gasteiger partial charge in [0.05, 0.1) is 11.9 Å². The van der Waals surface area contributed by atoms with Crippen molar-refractivity contribution in [3.05, 3.63) is 65.5 Å². The van der Waals surface area contributed by atoms with Gasteiger partial charge in [0, 0.05) is 18.2 Å². The lowest BCUT2D eigenvalue weighted by molar-refractivity contribution is -0.139. The van der Waals surface area contributed by atoms with E-state index in [4.69, 9.17) is 0 Å². The Morgan fingerprint density at radius 2 is 1.62 bits per heavy atom. The molecule has 0 saturated heterocycles. The fourth-order valence-electron chi connectivity index (χ4n) is 3.12. The fourth-order valence-corrected chi connectivity index (χ4v) is 3.97. The monoisotopic (exact) mass is 463 g/mol. The second kappa shape index (κ2) is 10.6. The predicted octanol–water partition coefficient (Wildman–Crippen LogP) is 2.84. The molecule has 2 aromatic carbocycles. The predicted molar refractivity (Wildman–Crippen MR) is 123 cm³/mol. The number of amides is 2. The molecule has 0 fully saturated rings. The fraction of sp³-hybridized carbons (Fsp3) is 0.391. The number of rotatable bonds is 9. The molecule has 0 spiro atoms. The first-order valence-corrected chi connectivity index (χ1v) is 12.1. The van der Waals surface area contributed by atoms with E-state index in [0.717, 1.165) is 16.1 Å². The lowest BCUT2D eigenvalue weighted by atomic mass is 10.1. The largest absolute Gasteiger partial charge is 0.352 e. The van der Waals surface area contributed by atoms with E-state index >= 15 is 0 Å². The summed E-state index contributed by atoms with van der Waals surface area (Å²) in [4.78, 5) is 27.1. The number of aryl methyl sites for hydroxylation is 1. The summed E-state index contributed by atoms with van der Waals surface area (Å²) < 4.78 is 40.2. The summed E-state index contributed by atoms with van der Waals surface area (Å²) in [5, 5.41) is 2.74. The Morgan fingerprint density at radius 1 is 1.03 bits per heavy atom. The second-order valence-corrected chi connectivity index (χ2v) is 9.96. The minimum atomic E-state index is -3.79. The summed E-state index contributed by atoms with van der Waals surface area (Å²) >= 11 is 0. The van der Waals surface area contributed by atoms with Gasteiger partial charge in [-0.1, -0.05) is 35.9 Å². The van der Waals surface area contributed by atoms with E-state index in [1.54, 1.807) is 44.2 Å². The van der Waals surface area contributed by atoms with Gasteiger partial charge in [-0.3, -0.25) is 13.9 Å². The molecule has 2 amide bonds. The highest BCUT2D eigenvalue weighted by Gasteiger charge is 2.30. The van der Waals surface area contributed by atoms with Crippen molar-refractivity contribution < 1.29 is 22.4 Å². The zero-order valence-corrected chi connectivity index (χ0v) is 19.8. The van der Waals surface area contributed by atoms with E-state index in [0.29, 0.717) is 5.69 Å². The molecule has 174 valence electrons. The summed E-state index contributed by atoms with van der Waals surface area (Å²) in [6, 6.07) is 11.6. The number of carbonyl (C=O) groups excluding carboxylic acids is 2. The maximum Gasteiger partial charge on any atom is 0.244 e. The Kier molecular flexibility index (Phi) is 8.38. The van der Waals surface area contributed by atoms with E-state index in [-0.39, 0.29) is 18.2 Å². The van der Waals surface area contributed by atoms with Crippen LogP contribution in [0.5, 0.6) is 0 Å². The van der Waals surface area contributed by atoms with Gasteiger partial charge in [-0.25, -0.2) is 12.8 Å². The first-order valence-electron chi connectivity index (χ1n) is 10.3. The molecule has 9 heteroatoms. The Morgan fingerprint density at radius 3 is 2.16 bits per heavy atom. The summed E-state index contributed by atoms with van der Waals surface area (Å²) in [5.74, 6) is -1.54. The number of carbonyl (C=O) groups is 2. The molecule has 0 heterocycles. The van der Waals surface area contributed by atoms with Gasteiger partial charge in [-0.2, -0.15) is 0 Å². The molecule has 32 heavy (non-hydrogen) atoms. The number of halogens is 1. The number of anilines is 1. The summed E-state index contributed by atoms with van der Waals surface area (Å²) in [6.45, 7) is 6.28. The third kappa shape index (κ3) is 6.78. The molecule has 1 atom stereocenters. The maximum absolute atomic E-state index is 14.3. The topological polar surface area (TPSA) is 86.8 Å². The third-order valence-corrected chi connectivity index (χ3v) is 6.04. The van der Waals surface area contributed by atoms with E-state index in [2.05, 4.69) is 5.32 Å². The van der Waals surface area contributed by atoms with Crippen LogP contribution in [-0.4, -0.2) is 50.0 Å². The van der Waals surface area contributed by atoms with E-state index in [1.165, 1.54) is 30.0 Å². The highest BCUT2D eigenvalue weighted by molar-refractivity contribution is 7.92. The van der Waals surface area contributed by atoms with E-state index in [1.807, 2.05) is 6.92 Å². The van der Waals surface area contributed by atoms with E-state index in [9.17, 15) is 22.4 Å². The first-order chi connectivity index (χ1) is 14.9. The molecule has 0 unspecified atom stereocenters. The Hall–Kier alpha value is -2.94. The normalized spacial score (nSPS) is 12.3. The minimum Gasteiger partial charge on any atom is -0.352 e. The molecule has 0 aliphatic rings. The number of hydrogen-bond donors (Lipinski definition) is 1. The van der Waals surface area contributed by atoms with Crippen molar-refractivity contribution in [1.29, 1.82) is 0 Å². The second-order valence-electron chi connectivity index (χ2n) is 8.06. The zero-order chi connectivity index (χ0) is 24.1. The highest BCUT2D eigenvalue weighted by atomic mass is 32.2. The van der Waals surface area contributed by atoms with Crippen LogP contribution in [0, 0.1) is 12.7 Å². The minimum absolute atomic E-state index is 0.157. The van der Waals surface area contributed by atoms with Gasteiger partial charge in [0.1, 0.15) is 18.4 Å². The summed E-state index contributed by atoms with van der Waals surface area (Å²) in [7, 11) is -3.79. The van der Waals surface area contributed by atoms with Gasteiger partial charge in [-0.15, -0.1) is 0 Å². The lowest BCUT2D eigenvalue weighted by Crippen LogP contribution is -2.52. The van der Waals surface area contributed by atoms with Crippen LogP contribution in [-0.2, 0) is 26.2 Å². The molecule has 7 nitrogen and oxygen atoms in total. The van der Waals surface area contributed by atoms with Crippen molar-refractivity contribution in [1.82, 2.24) is 10.2 Å². The third-order valence-electron chi connectivity index (χ3n) is 4.90. The van der Waals surface area contributed by atoms with Crippen molar-refractivity contribution in [2.24, 2.45) is 0 Å². The maximum atomic E-state index is 14.3. The molecule has 2 rings (SSSR count). The Balaban J connectivity index is 2.39. The van der Waals surface area contributed by atoms with Crippen LogP contribution < -0.4 is 9.62 Å². The smallest absolute Gasteiger partial charge is 0.244 e. The molecular weight excluding hydrogens is 433 g/mol. The van der Waals surface area contributed by atoms with Crippen LogP contribution in [0.3, 0.4) is 0 Å². The number of benzene rings is 2. The first kappa shape index (κ1) is 25.3. The molecule has 0 aliphatic carbocycles. The SMILES string of the molecule is Cc1ccc(N(CC(=O)N(Cc2ccccc2F)[C@H](C)C(=O)NC(C)C)S(C)(=O)=O)cc1. The van der Waals surface area contributed by atoms with Crippen LogP contribution in [0.25, 0.3) is 0 Å². The van der Waals surface area contributed by atoms with Crippen LogP contribution in [0.1, 0.15) is 31.9 Å². The van der Waals surface area contributed by atoms with Crippen LogP contribution in [0.4, 0.5) is 10.1 Å². The van der Waals surface area contributed by atoms with Crippen LogP contribution in [0.2, 0.25) is 0 Å². The van der Waals surface area contributed by atoms with Crippen molar-refractivity contribution in [3.8, 4) is 0 Å². The van der Waals surface area contributed by atoms with Crippen molar-refractivity contribution >= 4 is 27.5 Å². The molecular formula is C23H30FN3O4S. The number of hydrogen-bond acceptors (Lipinski definition) is 4. The lowest BCUT2D eigenvalue weighted by Gasteiger charge is -2.32. The van der Waals surface area contributed by atoms with Gasteiger partial charge in [0.25, 0.3) is 0 Å². The number of sulfonamides is 1. The zero-order valence-electron chi connectivity index (χ0n) is 19.0. The number of nitrogens with one attached hydrogen (secondary N) is 1. The van der Waals surface area contributed by atoms with Crippen molar-refractivity contribution in [3.63, 3.8) is 0 Å².